The van der Waals surface area contributed by atoms with Gasteiger partial charge in [-0.3, -0.25) is 4.79 Å². The molecule has 53 heavy (non-hydrogen) atoms. The van der Waals surface area contributed by atoms with Crippen LogP contribution in [0.15, 0.2) is 76.0 Å². The minimum Gasteiger partial charge on any atom is -0.508 e. The van der Waals surface area contributed by atoms with Crippen molar-refractivity contribution in [3.63, 3.8) is 0 Å². The second-order valence-corrected chi connectivity index (χ2v) is 12.5. The second kappa shape index (κ2) is 15.4. The van der Waals surface area contributed by atoms with Crippen LogP contribution >= 0.6 is 0 Å². The molecule has 3 heterocycles. The van der Waals surface area contributed by atoms with E-state index in [1.807, 2.05) is 0 Å². The lowest BCUT2D eigenvalue weighted by Gasteiger charge is -2.45. The van der Waals surface area contributed by atoms with Crippen molar-refractivity contribution >= 4 is 23.0 Å². The Balaban J connectivity index is 1.27. The predicted molar refractivity (Wildman–Crippen MR) is 180 cm³/mol. The summed E-state index contributed by atoms with van der Waals surface area (Å²) >= 11 is 0. The molecule has 0 aliphatic carbocycles. The molecule has 7 unspecified atom stereocenters. The Labute approximate surface area is 299 Å². The molecule has 17 nitrogen and oxygen atoms in total. The van der Waals surface area contributed by atoms with Gasteiger partial charge in [-0.05, 0) is 55.0 Å². The average Bonchev–Trinajstić information content (AvgIpc) is 3.12. The summed E-state index contributed by atoms with van der Waals surface area (Å²) in [5, 5.41) is 93.4. The Kier molecular flexibility index (Phi) is 10.9. The molecular weight excluding hydrogens is 704 g/mol. The van der Waals surface area contributed by atoms with Crippen molar-refractivity contribution in [2.45, 2.75) is 68.3 Å². The van der Waals surface area contributed by atoms with Crippen LogP contribution in [0, 0.1) is 0 Å². The fraction of sp³-hybridized carbons (Fsp3) is 0.333. The van der Waals surface area contributed by atoms with E-state index >= 15 is 0 Å². The standard InChI is InChI=1S/C36H36O17/c1-15-26(42)30(46)34(53-35-31(47)29(45)27(43)23(51-35)14-48-24(41)11-4-16-2-7-18(37)8-3-16)36(49-15)52-33-28(44)25-21(40)12-20(39)13-22(25)50-32(33)17-5-9-19(38)10-6-17/h2-13,15,23,26-27,29-31,34-40,42-43,45-47H,14H2,1H3/b11-4+/t15-,23+,26?,27?,29?,30?,31?,34?,35-,36?/m0/s1. The smallest absolute Gasteiger partial charge is 0.330 e. The molecule has 2 saturated heterocycles. The number of hydrogen-bond acceptors (Lipinski definition) is 17. The summed E-state index contributed by atoms with van der Waals surface area (Å²) in [5.74, 6) is -2.90. The van der Waals surface area contributed by atoms with Gasteiger partial charge in [0.05, 0.1) is 6.10 Å². The van der Waals surface area contributed by atoms with Crippen LogP contribution in [-0.2, 0) is 23.7 Å². The van der Waals surface area contributed by atoms with Crippen molar-refractivity contribution in [2.24, 2.45) is 0 Å². The van der Waals surface area contributed by atoms with Gasteiger partial charge in [-0.2, -0.15) is 0 Å². The number of benzene rings is 3. The third-order valence-electron chi connectivity index (χ3n) is 8.72. The molecule has 0 saturated carbocycles. The van der Waals surface area contributed by atoms with E-state index in [0.717, 1.165) is 18.2 Å². The first-order chi connectivity index (χ1) is 25.2. The monoisotopic (exact) mass is 740 g/mol. The van der Waals surface area contributed by atoms with Gasteiger partial charge in [0.15, 0.2) is 18.2 Å². The van der Waals surface area contributed by atoms with Crippen LogP contribution in [0.25, 0.3) is 28.4 Å². The first-order valence-electron chi connectivity index (χ1n) is 16.2. The number of hydrogen-bond donors (Lipinski definition) is 9. The number of esters is 1. The van der Waals surface area contributed by atoms with E-state index in [0.29, 0.717) is 5.56 Å². The number of carbonyl (C=O) groups excluding carboxylic acids is 1. The highest BCUT2D eigenvalue weighted by Crippen LogP contribution is 2.38. The lowest BCUT2D eigenvalue weighted by Crippen LogP contribution is -2.64. The highest BCUT2D eigenvalue weighted by atomic mass is 16.8. The van der Waals surface area contributed by atoms with Gasteiger partial charge in [-0.15, -0.1) is 0 Å². The molecule has 3 aromatic carbocycles. The Morgan fingerprint density at radius 3 is 2.11 bits per heavy atom. The van der Waals surface area contributed by atoms with Crippen LogP contribution in [0.2, 0.25) is 0 Å². The number of phenolic OH excluding ortho intramolecular Hbond substituents is 4. The third kappa shape index (κ3) is 7.92. The summed E-state index contributed by atoms with van der Waals surface area (Å²) in [4.78, 5) is 26.3. The Bertz CT molecular complexity index is 2010. The van der Waals surface area contributed by atoms with Crippen LogP contribution < -0.4 is 10.2 Å². The fourth-order valence-corrected chi connectivity index (χ4v) is 5.82. The van der Waals surface area contributed by atoms with E-state index in [4.69, 9.17) is 28.1 Å². The van der Waals surface area contributed by atoms with Crippen molar-refractivity contribution in [1.82, 2.24) is 0 Å². The molecule has 282 valence electrons. The summed E-state index contributed by atoms with van der Waals surface area (Å²) in [5.41, 5.74) is -0.454. The van der Waals surface area contributed by atoms with Gasteiger partial charge < -0.3 is 74.1 Å². The summed E-state index contributed by atoms with van der Waals surface area (Å²) in [6.45, 7) is 0.741. The van der Waals surface area contributed by atoms with E-state index in [9.17, 15) is 55.5 Å². The maximum atomic E-state index is 13.9. The van der Waals surface area contributed by atoms with Crippen LogP contribution in [0.4, 0.5) is 0 Å². The van der Waals surface area contributed by atoms with Gasteiger partial charge in [0.2, 0.25) is 17.5 Å². The molecule has 0 radical (unpaired) electrons. The number of rotatable bonds is 9. The molecule has 1 aromatic heterocycles. The molecule has 2 aliphatic rings. The zero-order valence-corrected chi connectivity index (χ0v) is 27.7. The number of aliphatic hydroxyl groups excluding tert-OH is 5. The number of fused-ring (bicyclic) bond motifs is 1. The summed E-state index contributed by atoms with van der Waals surface area (Å²) in [7, 11) is 0. The molecule has 0 spiro atoms. The van der Waals surface area contributed by atoms with Crippen LogP contribution in [0.3, 0.4) is 0 Å². The SMILES string of the molecule is C[C@@H]1OC(Oc2c(-c3ccc(O)cc3)oc3cc(O)cc(O)c3c2=O)C(O[C@@H]2O[C@H](COC(=O)/C=C/c3ccc(O)cc3)C(O)C(O)C2O)C(O)C1O. The maximum absolute atomic E-state index is 13.9. The van der Waals surface area contributed by atoms with Gasteiger partial charge in [0.25, 0.3) is 0 Å². The number of aliphatic hydroxyl groups is 5. The van der Waals surface area contributed by atoms with Crippen molar-refractivity contribution < 1.29 is 78.9 Å². The van der Waals surface area contributed by atoms with Gasteiger partial charge in [0.1, 0.15) is 77.2 Å². The Morgan fingerprint density at radius 1 is 0.774 bits per heavy atom. The molecule has 9 N–H and O–H groups in total. The lowest BCUT2D eigenvalue weighted by atomic mass is 9.97. The van der Waals surface area contributed by atoms with Crippen molar-refractivity contribution in [2.75, 3.05) is 6.61 Å². The largest absolute Gasteiger partial charge is 0.508 e. The molecule has 0 bridgehead atoms. The maximum Gasteiger partial charge on any atom is 0.330 e. The molecule has 4 aromatic rings. The average molecular weight is 741 g/mol. The highest BCUT2D eigenvalue weighted by Gasteiger charge is 2.51. The summed E-state index contributed by atoms with van der Waals surface area (Å²) in [6.07, 6.45) is -14.8. The van der Waals surface area contributed by atoms with E-state index in [1.54, 1.807) is 12.1 Å². The van der Waals surface area contributed by atoms with E-state index in [1.165, 1.54) is 49.4 Å². The molecule has 0 amide bonds. The molecule has 10 atom stereocenters. The molecular formula is C36H36O17. The molecule has 17 heteroatoms. The normalized spacial score (nSPS) is 28.9. The Hall–Kier alpha value is -5.24. The van der Waals surface area contributed by atoms with Crippen molar-refractivity contribution in [3.8, 4) is 40.1 Å². The van der Waals surface area contributed by atoms with Crippen molar-refractivity contribution in [1.29, 1.82) is 0 Å². The third-order valence-corrected chi connectivity index (χ3v) is 8.72. The minimum absolute atomic E-state index is 0.0280. The van der Waals surface area contributed by atoms with E-state index < -0.39 is 102 Å². The predicted octanol–water partition coefficient (Wildman–Crippen LogP) is 0.577. The highest BCUT2D eigenvalue weighted by molar-refractivity contribution is 5.88. The van der Waals surface area contributed by atoms with Gasteiger partial charge >= 0.3 is 5.97 Å². The van der Waals surface area contributed by atoms with Crippen molar-refractivity contribution in [3.05, 3.63) is 82.5 Å². The number of aromatic hydroxyl groups is 4. The minimum atomic E-state index is -1.97. The first-order valence-corrected chi connectivity index (χ1v) is 16.2. The van der Waals surface area contributed by atoms with E-state index in [-0.39, 0.29) is 28.4 Å². The quantitative estimate of drug-likeness (QED) is 0.0838. The van der Waals surface area contributed by atoms with E-state index in [2.05, 4.69) is 0 Å². The van der Waals surface area contributed by atoms with Crippen LogP contribution in [-0.4, -0.2) is 120 Å². The molecule has 6 rings (SSSR count). The zero-order chi connectivity index (χ0) is 38.1. The number of ether oxygens (including phenoxy) is 5. The molecule has 2 fully saturated rings. The van der Waals surface area contributed by atoms with Gasteiger partial charge in [-0.1, -0.05) is 12.1 Å². The lowest BCUT2D eigenvalue weighted by molar-refractivity contribution is -0.355. The number of phenols is 4. The topological polar surface area (TPSA) is 275 Å². The fourth-order valence-electron chi connectivity index (χ4n) is 5.82. The molecule has 2 aliphatic heterocycles. The zero-order valence-electron chi connectivity index (χ0n) is 27.7. The Morgan fingerprint density at radius 2 is 1.43 bits per heavy atom. The van der Waals surface area contributed by atoms with Crippen LogP contribution in [0.5, 0.6) is 28.7 Å². The second-order valence-electron chi connectivity index (χ2n) is 12.5. The first kappa shape index (κ1) is 37.5. The van der Waals surface area contributed by atoms with Gasteiger partial charge in [0, 0.05) is 23.8 Å². The summed E-state index contributed by atoms with van der Waals surface area (Å²) in [6, 6.07) is 13.2. The van der Waals surface area contributed by atoms with Crippen LogP contribution in [0.1, 0.15) is 12.5 Å². The van der Waals surface area contributed by atoms with Gasteiger partial charge in [-0.25, -0.2) is 4.79 Å². The summed E-state index contributed by atoms with van der Waals surface area (Å²) < 4.78 is 34.3. The number of carbonyl (C=O) groups is 1.